The maximum absolute atomic E-state index is 6.53. The van der Waals surface area contributed by atoms with Gasteiger partial charge in [-0.05, 0) is 159 Å². The molecule has 67 heavy (non-hydrogen) atoms. The van der Waals surface area contributed by atoms with Crippen molar-refractivity contribution in [3.8, 4) is 33.4 Å². The van der Waals surface area contributed by atoms with E-state index < -0.39 is 5.41 Å². The molecule has 0 radical (unpaired) electrons. The van der Waals surface area contributed by atoms with Gasteiger partial charge < -0.3 is 9.32 Å². The van der Waals surface area contributed by atoms with Gasteiger partial charge in [-0.2, -0.15) is 0 Å². The van der Waals surface area contributed by atoms with Gasteiger partial charge in [0.15, 0.2) is 0 Å². The lowest BCUT2D eigenvalue weighted by Gasteiger charge is -2.32. The van der Waals surface area contributed by atoms with Crippen LogP contribution in [0.2, 0.25) is 0 Å². The molecule has 1 heterocycles. The Morgan fingerprint density at radius 1 is 0.269 bits per heavy atom. The van der Waals surface area contributed by atoms with Crippen LogP contribution in [-0.2, 0) is 5.41 Å². The number of benzene rings is 12. The van der Waals surface area contributed by atoms with Gasteiger partial charge in [0.05, 0.1) is 5.41 Å². The van der Waals surface area contributed by atoms with Crippen LogP contribution in [0.25, 0.3) is 98.4 Å². The quantitative estimate of drug-likeness (QED) is 0.164. The van der Waals surface area contributed by atoms with E-state index in [1.807, 2.05) is 0 Å². The summed E-state index contributed by atoms with van der Waals surface area (Å²) in [6, 6.07) is 87.7. The monoisotopic (exact) mass is 849 g/mol. The first-order chi connectivity index (χ1) is 33.2. The molecule has 0 atom stereocenters. The molecule has 2 heteroatoms. The molecule has 0 N–H and O–H groups in total. The van der Waals surface area contributed by atoms with Crippen LogP contribution >= 0.6 is 0 Å². The summed E-state index contributed by atoms with van der Waals surface area (Å²) < 4.78 is 6.53. The van der Waals surface area contributed by atoms with Crippen LogP contribution in [0.3, 0.4) is 0 Å². The Kier molecular flexibility index (Phi) is 7.46. The van der Waals surface area contributed by atoms with Gasteiger partial charge >= 0.3 is 0 Å². The van der Waals surface area contributed by atoms with E-state index in [0.717, 1.165) is 50.1 Å². The molecule has 0 unspecified atom stereocenters. The lowest BCUT2D eigenvalue weighted by Crippen LogP contribution is -2.26. The average Bonchev–Trinajstić information content (AvgIpc) is 4.01. The van der Waals surface area contributed by atoms with Crippen molar-refractivity contribution in [1.82, 2.24) is 0 Å². The first kappa shape index (κ1) is 36.6. The van der Waals surface area contributed by atoms with E-state index in [1.165, 1.54) is 87.6 Å². The van der Waals surface area contributed by atoms with Crippen LogP contribution in [-0.4, -0.2) is 0 Å². The van der Waals surface area contributed by atoms with Crippen molar-refractivity contribution in [2.24, 2.45) is 0 Å². The zero-order valence-electron chi connectivity index (χ0n) is 36.4. The number of nitrogens with zero attached hydrogens (tertiary/aromatic N) is 1. The lowest BCUT2D eigenvalue weighted by atomic mass is 9.70. The number of furan rings is 1. The number of fused-ring (bicyclic) bond motifs is 20. The van der Waals surface area contributed by atoms with Gasteiger partial charge in [-0.1, -0.05) is 176 Å². The van der Waals surface area contributed by atoms with Crippen LogP contribution in [0.1, 0.15) is 22.3 Å². The van der Waals surface area contributed by atoms with Gasteiger partial charge in [-0.3, -0.25) is 0 Å². The number of hydrogen-bond donors (Lipinski definition) is 0. The summed E-state index contributed by atoms with van der Waals surface area (Å²) in [5, 5.41) is 12.2. The van der Waals surface area contributed by atoms with E-state index in [-0.39, 0.29) is 0 Å². The molecular weight excluding hydrogens is 811 g/mol. The minimum absolute atomic E-state index is 0.453. The third-order valence-corrected chi connectivity index (χ3v) is 15.0. The summed E-state index contributed by atoms with van der Waals surface area (Å²) in [4.78, 5) is 2.46. The zero-order valence-corrected chi connectivity index (χ0v) is 36.4. The second kappa shape index (κ2) is 13.7. The van der Waals surface area contributed by atoms with Gasteiger partial charge in [0.25, 0.3) is 0 Å². The highest BCUT2D eigenvalue weighted by Crippen LogP contribution is 2.63. The van der Waals surface area contributed by atoms with Crippen molar-refractivity contribution in [2.75, 3.05) is 4.90 Å². The summed E-state index contributed by atoms with van der Waals surface area (Å²) >= 11 is 0. The van der Waals surface area contributed by atoms with Crippen LogP contribution in [0.4, 0.5) is 17.1 Å². The summed E-state index contributed by atoms with van der Waals surface area (Å²) in [6.45, 7) is 0. The summed E-state index contributed by atoms with van der Waals surface area (Å²) in [6.07, 6.45) is 0. The molecule has 1 aromatic heterocycles. The molecule has 0 saturated carbocycles. The Bertz CT molecular complexity index is 4130. The van der Waals surface area contributed by atoms with Crippen LogP contribution in [0, 0.1) is 0 Å². The molecule has 0 fully saturated rings. The van der Waals surface area contributed by atoms with Gasteiger partial charge in [-0.25, -0.2) is 0 Å². The molecule has 0 bridgehead atoms. The molecule has 12 aromatic carbocycles. The van der Waals surface area contributed by atoms with E-state index in [0.29, 0.717) is 0 Å². The fourth-order valence-corrected chi connectivity index (χ4v) is 12.1. The van der Waals surface area contributed by atoms with Gasteiger partial charge in [-0.15, -0.1) is 0 Å². The maximum atomic E-state index is 6.53. The molecule has 0 amide bonds. The van der Waals surface area contributed by atoms with Gasteiger partial charge in [0, 0.05) is 27.8 Å². The van der Waals surface area contributed by atoms with Crippen molar-refractivity contribution in [2.45, 2.75) is 5.41 Å². The van der Waals surface area contributed by atoms with E-state index in [4.69, 9.17) is 4.42 Å². The molecule has 2 aliphatic carbocycles. The lowest BCUT2D eigenvalue weighted by molar-refractivity contribution is 0.669. The fourth-order valence-electron chi connectivity index (χ4n) is 12.1. The third-order valence-electron chi connectivity index (χ3n) is 15.0. The molecule has 2 aliphatic rings. The van der Waals surface area contributed by atoms with Crippen molar-refractivity contribution >= 4 is 82.1 Å². The highest BCUT2D eigenvalue weighted by Gasteiger charge is 2.51. The number of hydrogen-bond acceptors (Lipinski definition) is 2. The number of anilines is 3. The Balaban J connectivity index is 0.936. The standard InChI is InChI=1S/C65H39NO/c1-2-14-42-36-64-58(35-41(42)13-1)56-32-27-43(37-63(56)67-64)40-25-28-44(29-26-40)66(45-30-33-51-49-17-4-3-15-47(49)48-16-5-6-18-50(48)57(51)38-45)46-31-34-55-54-21-9-12-24-61(54)65(62(55)39-46)59-22-10-7-19-52(59)53-20-8-11-23-60(53)65/h1-39H. The highest BCUT2D eigenvalue weighted by molar-refractivity contribution is 6.26. The minimum Gasteiger partial charge on any atom is -0.456 e. The predicted molar refractivity (Wildman–Crippen MR) is 280 cm³/mol. The molecule has 13 aromatic rings. The van der Waals surface area contributed by atoms with Crippen LogP contribution in [0.15, 0.2) is 241 Å². The molecule has 1 spiro atoms. The van der Waals surface area contributed by atoms with Crippen LogP contribution < -0.4 is 4.90 Å². The summed E-state index contributed by atoms with van der Waals surface area (Å²) in [5.41, 5.74) is 17.4. The molecule has 0 saturated heterocycles. The topological polar surface area (TPSA) is 16.4 Å². The van der Waals surface area contributed by atoms with E-state index in [2.05, 4.69) is 241 Å². The number of rotatable bonds is 4. The van der Waals surface area contributed by atoms with E-state index in [9.17, 15) is 0 Å². The molecule has 15 rings (SSSR count). The second-order valence-corrected chi connectivity index (χ2v) is 18.3. The first-order valence-electron chi connectivity index (χ1n) is 23.2. The molecule has 0 aliphatic heterocycles. The first-order valence-corrected chi connectivity index (χ1v) is 23.2. The normalized spacial score (nSPS) is 13.2. The predicted octanol–water partition coefficient (Wildman–Crippen LogP) is 17.7. The van der Waals surface area contributed by atoms with Gasteiger partial charge in [0.2, 0.25) is 0 Å². The van der Waals surface area contributed by atoms with Crippen LogP contribution in [0.5, 0.6) is 0 Å². The maximum Gasteiger partial charge on any atom is 0.136 e. The smallest absolute Gasteiger partial charge is 0.136 e. The van der Waals surface area contributed by atoms with E-state index >= 15 is 0 Å². The van der Waals surface area contributed by atoms with Crippen molar-refractivity contribution in [1.29, 1.82) is 0 Å². The SMILES string of the molecule is c1ccc2c(c1)-c1ccccc1C21c2ccccc2-c2ccc(N(c3ccc(-c4ccc5c(c4)oc4cc6ccccc6cc45)cc3)c3ccc4c5ccccc5c5ccccc5c4c3)cc21. The average molecular weight is 850 g/mol. The van der Waals surface area contributed by atoms with Gasteiger partial charge in [0.1, 0.15) is 11.2 Å². The summed E-state index contributed by atoms with van der Waals surface area (Å²) in [7, 11) is 0. The second-order valence-electron chi connectivity index (χ2n) is 18.3. The largest absolute Gasteiger partial charge is 0.456 e. The molecule has 310 valence electrons. The van der Waals surface area contributed by atoms with E-state index in [1.54, 1.807) is 0 Å². The molecule has 2 nitrogen and oxygen atoms in total. The summed E-state index contributed by atoms with van der Waals surface area (Å²) in [5.74, 6) is 0. The Labute approximate surface area is 387 Å². The molecular formula is C65H39NO. The zero-order chi connectivity index (χ0) is 43.8. The van der Waals surface area contributed by atoms with Crippen molar-refractivity contribution in [3.63, 3.8) is 0 Å². The minimum atomic E-state index is -0.453. The van der Waals surface area contributed by atoms with Crippen molar-refractivity contribution in [3.05, 3.63) is 259 Å². The Morgan fingerprint density at radius 2 is 0.716 bits per heavy atom. The highest BCUT2D eigenvalue weighted by atomic mass is 16.3. The fraction of sp³-hybridized carbons (Fsp3) is 0.0154. The Morgan fingerprint density at radius 3 is 1.36 bits per heavy atom. The Hall–Kier alpha value is -8.72. The third kappa shape index (κ3) is 5.04. The van der Waals surface area contributed by atoms with Crippen molar-refractivity contribution < 1.29 is 4.42 Å².